The largest absolute Gasteiger partial charge is 0.386 e. The molecule has 2 aromatic rings. The minimum atomic E-state index is 1.08. The van der Waals surface area contributed by atoms with Crippen LogP contribution in [0.2, 0.25) is 0 Å². The van der Waals surface area contributed by atoms with Crippen molar-refractivity contribution in [2.45, 2.75) is 6.92 Å². The van der Waals surface area contributed by atoms with Crippen molar-refractivity contribution >= 4 is 11.4 Å². The normalized spacial score (nSPS) is 15.9. The molecule has 22 heavy (non-hydrogen) atoms. The first-order chi connectivity index (χ1) is 10.7. The standard InChI is InChI=1S/C18H24N4/c1-14-5-4-6-17(22-11-9-21(3)10-12-22)18(14)15-7-8-20-13-16(15)19-2/h4-8,13,19H,9-12H2,1-3H3. The molecule has 4 nitrogen and oxygen atoms in total. The van der Waals surface area contributed by atoms with Crippen LogP contribution in [0.4, 0.5) is 11.4 Å². The Hall–Kier alpha value is -2.07. The topological polar surface area (TPSA) is 31.4 Å². The molecular weight excluding hydrogens is 272 g/mol. The molecule has 116 valence electrons. The molecule has 4 heteroatoms. The fourth-order valence-electron chi connectivity index (χ4n) is 3.13. The average molecular weight is 296 g/mol. The second-order valence-corrected chi connectivity index (χ2v) is 5.93. The maximum Gasteiger partial charge on any atom is 0.0604 e. The third kappa shape index (κ3) is 2.79. The second-order valence-electron chi connectivity index (χ2n) is 5.93. The molecule has 0 bridgehead atoms. The van der Waals surface area contributed by atoms with E-state index < -0.39 is 0 Å². The maximum absolute atomic E-state index is 4.24. The molecule has 0 amide bonds. The first-order valence-electron chi connectivity index (χ1n) is 7.86. The quantitative estimate of drug-likeness (QED) is 0.944. The van der Waals surface area contributed by atoms with Crippen molar-refractivity contribution in [2.24, 2.45) is 0 Å². The van der Waals surface area contributed by atoms with Crippen LogP contribution in [0, 0.1) is 6.92 Å². The summed E-state index contributed by atoms with van der Waals surface area (Å²) >= 11 is 0. The van der Waals surface area contributed by atoms with E-state index in [2.05, 4.69) is 58.3 Å². The van der Waals surface area contributed by atoms with E-state index in [0.29, 0.717) is 0 Å². The van der Waals surface area contributed by atoms with Gasteiger partial charge in [-0.2, -0.15) is 0 Å². The number of hydrogen-bond acceptors (Lipinski definition) is 4. The Bertz CT molecular complexity index is 645. The summed E-state index contributed by atoms with van der Waals surface area (Å²) in [4.78, 5) is 9.13. The number of hydrogen-bond donors (Lipinski definition) is 1. The predicted molar refractivity (Wildman–Crippen MR) is 93.7 cm³/mol. The van der Waals surface area contributed by atoms with Gasteiger partial charge in [-0.15, -0.1) is 0 Å². The van der Waals surface area contributed by atoms with Crippen LogP contribution in [0.25, 0.3) is 11.1 Å². The number of aromatic nitrogens is 1. The zero-order valence-corrected chi connectivity index (χ0v) is 13.6. The summed E-state index contributed by atoms with van der Waals surface area (Å²) in [5.41, 5.74) is 6.26. The number of nitrogens with zero attached hydrogens (tertiary/aromatic N) is 3. The highest BCUT2D eigenvalue weighted by molar-refractivity contribution is 5.88. The molecule has 1 aliphatic heterocycles. The van der Waals surface area contributed by atoms with Crippen LogP contribution >= 0.6 is 0 Å². The summed E-state index contributed by atoms with van der Waals surface area (Å²) in [6, 6.07) is 8.70. The van der Waals surface area contributed by atoms with Gasteiger partial charge < -0.3 is 15.1 Å². The van der Waals surface area contributed by atoms with Crippen molar-refractivity contribution in [3.8, 4) is 11.1 Å². The Kier molecular flexibility index (Phi) is 4.29. The first kappa shape index (κ1) is 14.9. The van der Waals surface area contributed by atoms with E-state index in [9.17, 15) is 0 Å². The van der Waals surface area contributed by atoms with Crippen molar-refractivity contribution in [3.05, 3.63) is 42.2 Å². The smallest absolute Gasteiger partial charge is 0.0604 e. The van der Waals surface area contributed by atoms with Gasteiger partial charge in [0.1, 0.15) is 0 Å². The lowest BCUT2D eigenvalue weighted by molar-refractivity contribution is 0.313. The highest BCUT2D eigenvalue weighted by atomic mass is 15.2. The maximum atomic E-state index is 4.24. The summed E-state index contributed by atoms with van der Waals surface area (Å²) < 4.78 is 0. The van der Waals surface area contributed by atoms with Crippen LogP contribution < -0.4 is 10.2 Å². The van der Waals surface area contributed by atoms with E-state index in [1.54, 1.807) is 0 Å². The number of nitrogens with one attached hydrogen (secondary N) is 1. The molecule has 1 N–H and O–H groups in total. The van der Waals surface area contributed by atoms with Crippen LogP contribution in [0.5, 0.6) is 0 Å². The molecule has 1 aliphatic rings. The lowest BCUT2D eigenvalue weighted by Crippen LogP contribution is -2.44. The van der Waals surface area contributed by atoms with Crippen LogP contribution in [-0.2, 0) is 0 Å². The Morgan fingerprint density at radius 3 is 2.59 bits per heavy atom. The summed E-state index contributed by atoms with van der Waals surface area (Å²) in [7, 11) is 4.14. The third-order valence-corrected chi connectivity index (χ3v) is 4.45. The lowest BCUT2D eigenvalue weighted by atomic mass is 9.97. The van der Waals surface area contributed by atoms with Gasteiger partial charge in [0.15, 0.2) is 0 Å². The van der Waals surface area contributed by atoms with Crippen LogP contribution in [0.15, 0.2) is 36.7 Å². The summed E-state index contributed by atoms with van der Waals surface area (Å²) in [5.74, 6) is 0. The van der Waals surface area contributed by atoms with Gasteiger partial charge in [0.05, 0.1) is 11.9 Å². The van der Waals surface area contributed by atoms with Gasteiger partial charge in [0, 0.05) is 56.2 Å². The number of aryl methyl sites for hydroxylation is 1. The molecular formula is C18H24N4. The lowest BCUT2D eigenvalue weighted by Gasteiger charge is -2.35. The zero-order chi connectivity index (χ0) is 15.5. The minimum absolute atomic E-state index is 1.08. The number of pyridine rings is 1. The van der Waals surface area contributed by atoms with Gasteiger partial charge in [0.25, 0.3) is 0 Å². The molecule has 3 rings (SSSR count). The molecule has 1 aromatic heterocycles. The van der Waals surface area contributed by atoms with Crippen molar-refractivity contribution in [2.75, 3.05) is 50.5 Å². The van der Waals surface area contributed by atoms with Gasteiger partial charge in [-0.1, -0.05) is 12.1 Å². The monoisotopic (exact) mass is 296 g/mol. The Labute approximate surface area is 132 Å². The van der Waals surface area contributed by atoms with Crippen molar-refractivity contribution in [3.63, 3.8) is 0 Å². The zero-order valence-electron chi connectivity index (χ0n) is 13.6. The molecule has 0 aliphatic carbocycles. The van der Waals surface area contributed by atoms with E-state index in [1.807, 2.05) is 19.4 Å². The van der Waals surface area contributed by atoms with Crippen LogP contribution in [0.3, 0.4) is 0 Å². The number of piperazine rings is 1. The number of rotatable bonds is 3. The van der Waals surface area contributed by atoms with Gasteiger partial charge in [0.2, 0.25) is 0 Å². The average Bonchev–Trinajstić information content (AvgIpc) is 2.55. The molecule has 2 heterocycles. The van der Waals surface area contributed by atoms with E-state index >= 15 is 0 Å². The van der Waals surface area contributed by atoms with Crippen LogP contribution in [-0.4, -0.2) is 50.2 Å². The van der Waals surface area contributed by atoms with Crippen molar-refractivity contribution in [1.29, 1.82) is 0 Å². The number of anilines is 2. The highest BCUT2D eigenvalue weighted by Gasteiger charge is 2.19. The van der Waals surface area contributed by atoms with Gasteiger partial charge in [-0.25, -0.2) is 0 Å². The van der Waals surface area contributed by atoms with Crippen molar-refractivity contribution in [1.82, 2.24) is 9.88 Å². The van der Waals surface area contributed by atoms with Crippen molar-refractivity contribution < 1.29 is 0 Å². The predicted octanol–water partition coefficient (Wildman–Crippen LogP) is 2.85. The Balaban J connectivity index is 2.07. The minimum Gasteiger partial charge on any atom is -0.386 e. The Morgan fingerprint density at radius 1 is 1.09 bits per heavy atom. The molecule has 0 unspecified atom stereocenters. The molecule has 1 saturated heterocycles. The molecule has 0 spiro atoms. The van der Waals surface area contributed by atoms with E-state index in [0.717, 1.165) is 31.9 Å². The fraction of sp³-hybridized carbons (Fsp3) is 0.389. The molecule has 1 aromatic carbocycles. The SMILES string of the molecule is CNc1cnccc1-c1c(C)cccc1N1CCN(C)CC1. The van der Waals surface area contributed by atoms with E-state index in [1.165, 1.54) is 22.4 Å². The molecule has 0 saturated carbocycles. The highest BCUT2D eigenvalue weighted by Crippen LogP contribution is 2.37. The fourth-order valence-corrected chi connectivity index (χ4v) is 3.13. The van der Waals surface area contributed by atoms with E-state index in [-0.39, 0.29) is 0 Å². The van der Waals surface area contributed by atoms with Gasteiger partial charge in [-0.3, -0.25) is 4.98 Å². The third-order valence-electron chi connectivity index (χ3n) is 4.45. The number of benzene rings is 1. The van der Waals surface area contributed by atoms with Gasteiger partial charge >= 0.3 is 0 Å². The molecule has 0 radical (unpaired) electrons. The Morgan fingerprint density at radius 2 is 1.86 bits per heavy atom. The summed E-state index contributed by atoms with van der Waals surface area (Å²) in [6.45, 7) is 6.57. The molecule has 1 fully saturated rings. The molecule has 0 atom stereocenters. The van der Waals surface area contributed by atoms with E-state index in [4.69, 9.17) is 0 Å². The number of likely N-dealkylation sites (N-methyl/N-ethyl adjacent to an activating group) is 1. The summed E-state index contributed by atoms with van der Waals surface area (Å²) in [5, 5.41) is 3.27. The first-order valence-corrected chi connectivity index (χ1v) is 7.86. The van der Waals surface area contributed by atoms with Gasteiger partial charge in [-0.05, 0) is 31.7 Å². The van der Waals surface area contributed by atoms with Crippen LogP contribution in [0.1, 0.15) is 5.56 Å². The summed E-state index contributed by atoms with van der Waals surface area (Å²) in [6.07, 6.45) is 3.77. The second kappa shape index (κ2) is 6.36.